The van der Waals surface area contributed by atoms with Crippen molar-refractivity contribution in [2.75, 3.05) is 10.7 Å². The van der Waals surface area contributed by atoms with Gasteiger partial charge in [-0.2, -0.15) is 0 Å². The van der Waals surface area contributed by atoms with E-state index in [-0.39, 0.29) is 11.8 Å². The summed E-state index contributed by atoms with van der Waals surface area (Å²) in [6.07, 6.45) is 0. The second-order valence-electron chi connectivity index (χ2n) is 4.32. The molecule has 1 atom stereocenters. The summed E-state index contributed by atoms with van der Waals surface area (Å²) in [6.45, 7) is 2.07. The van der Waals surface area contributed by atoms with Crippen molar-refractivity contribution in [3.8, 4) is 0 Å². The third-order valence-corrected chi connectivity index (χ3v) is 6.25. The molecule has 0 radical (unpaired) electrons. The van der Waals surface area contributed by atoms with Crippen molar-refractivity contribution in [3.63, 3.8) is 0 Å². The molecule has 0 saturated carbocycles. The van der Waals surface area contributed by atoms with E-state index in [1.54, 1.807) is 12.1 Å². The van der Waals surface area contributed by atoms with Gasteiger partial charge in [0.05, 0.1) is 15.5 Å². The first kappa shape index (κ1) is 13.3. The van der Waals surface area contributed by atoms with Crippen LogP contribution in [0.1, 0.15) is 6.92 Å². The smallest absolute Gasteiger partial charge is 0.268 e. The van der Waals surface area contributed by atoms with Gasteiger partial charge in [0.15, 0.2) is 0 Å². The zero-order valence-corrected chi connectivity index (χ0v) is 13.3. The topological polar surface area (TPSA) is 37.4 Å². The summed E-state index contributed by atoms with van der Waals surface area (Å²) in [4.78, 5) is 27.2. The summed E-state index contributed by atoms with van der Waals surface area (Å²) >= 11 is 6.35. The van der Waals surface area contributed by atoms with Crippen LogP contribution < -0.4 is 4.90 Å². The lowest BCUT2D eigenvalue weighted by molar-refractivity contribution is -0.120. The Balaban J connectivity index is 1.97. The van der Waals surface area contributed by atoms with Crippen LogP contribution in [0.4, 0.5) is 5.69 Å². The summed E-state index contributed by atoms with van der Waals surface area (Å²) in [5.74, 6) is 0.495. The van der Waals surface area contributed by atoms with Gasteiger partial charge in [-0.1, -0.05) is 22.9 Å². The lowest BCUT2D eigenvalue weighted by Gasteiger charge is -2.15. The second kappa shape index (κ2) is 5.00. The van der Waals surface area contributed by atoms with Crippen molar-refractivity contribution in [1.29, 1.82) is 0 Å². The van der Waals surface area contributed by atoms with Crippen molar-refractivity contribution < 1.29 is 9.59 Å². The zero-order chi connectivity index (χ0) is 13.6. The minimum absolute atomic E-state index is 0.188. The quantitative estimate of drug-likeness (QED) is 0.723. The molecule has 2 aliphatic heterocycles. The Hall–Kier alpha value is -0.720. The van der Waals surface area contributed by atoms with Gasteiger partial charge in [-0.15, -0.1) is 23.5 Å². The van der Waals surface area contributed by atoms with Crippen LogP contribution in [0, 0.1) is 0 Å². The number of hydrogen-bond acceptors (Lipinski definition) is 4. The number of carbonyl (C=O) groups is 2. The molecule has 98 valence electrons. The fourth-order valence-electron chi connectivity index (χ4n) is 1.98. The minimum atomic E-state index is -0.189. The molecule has 0 aliphatic carbocycles. The third kappa shape index (κ3) is 2.26. The fourth-order valence-corrected chi connectivity index (χ4v) is 4.67. The predicted octanol–water partition coefficient (Wildman–Crippen LogP) is 3.40. The predicted molar refractivity (Wildman–Crippen MR) is 83.2 cm³/mol. The van der Waals surface area contributed by atoms with Gasteiger partial charge in [0.2, 0.25) is 0 Å². The highest BCUT2D eigenvalue weighted by Crippen LogP contribution is 2.45. The largest absolute Gasteiger partial charge is 0.273 e. The second-order valence-corrected chi connectivity index (χ2v) is 7.71. The van der Waals surface area contributed by atoms with E-state index >= 15 is 0 Å². The van der Waals surface area contributed by atoms with E-state index in [9.17, 15) is 9.59 Å². The lowest BCUT2D eigenvalue weighted by atomic mass is 10.3. The van der Waals surface area contributed by atoms with E-state index in [2.05, 4.69) is 22.9 Å². The van der Waals surface area contributed by atoms with Crippen LogP contribution in [0.25, 0.3) is 0 Å². The first-order valence-corrected chi connectivity index (χ1v) is 8.42. The Bertz CT molecular complexity index is 597. The Kier molecular flexibility index (Phi) is 3.49. The normalized spacial score (nSPS) is 23.1. The van der Waals surface area contributed by atoms with E-state index in [4.69, 9.17) is 0 Å². The van der Waals surface area contributed by atoms with Gasteiger partial charge in [-0.25, -0.2) is 4.90 Å². The Morgan fingerprint density at radius 3 is 2.47 bits per heavy atom. The monoisotopic (exact) mass is 355 g/mol. The molecule has 0 aromatic heterocycles. The molecule has 2 aliphatic rings. The first-order chi connectivity index (χ1) is 9.08. The van der Waals surface area contributed by atoms with E-state index in [0.717, 1.165) is 10.2 Å². The molecule has 3 nitrogen and oxygen atoms in total. The number of thioether (sulfide) groups is 2. The molecule has 0 N–H and O–H groups in total. The van der Waals surface area contributed by atoms with Gasteiger partial charge in [-0.05, 0) is 24.3 Å². The molecule has 1 unspecified atom stereocenters. The molecule has 0 fully saturated rings. The van der Waals surface area contributed by atoms with Gasteiger partial charge in [0, 0.05) is 15.5 Å². The van der Waals surface area contributed by atoms with Crippen LogP contribution in [0.15, 0.2) is 38.5 Å². The number of carbonyl (C=O) groups excluding carboxylic acids is 2. The van der Waals surface area contributed by atoms with Crippen LogP contribution >= 0.6 is 39.5 Å². The molecule has 1 aromatic rings. The van der Waals surface area contributed by atoms with Crippen molar-refractivity contribution in [1.82, 2.24) is 0 Å². The van der Waals surface area contributed by atoms with Gasteiger partial charge in [-0.3, -0.25) is 9.59 Å². The van der Waals surface area contributed by atoms with E-state index < -0.39 is 0 Å². The first-order valence-electron chi connectivity index (χ1n) is 5.76. The molecule has 3 rings (SSSR count). The maximum Gasteiger partial charge on any atom is 0.273 e. The molecule has 6 heteroatoms. The summed E-state index contributed by atoms with van der Waals surface area (Å²) < 4.78 is 0.922. The van der Waals surface area contributed by atoms with Crippen LogP contribution in [-0.2, 0) is 9.59 Å². The molecular formula is C13H10BrNO2S2. The summed E-state index contributed by atoms with van der Waals surface area (Å²) in [6, 6.07) is 7.21. The minimum Gasteiger partial charge on any atom is -0.268 e. The number of imide groups is 1. The van der Waals surface area contributed by atoms with Crippen LogP contribution in [0.2, 0.25) is 0 Å². The lowest BCUT2D eigenvalue weighted by Crippen LogP contribution is -2.31. The molecule has 0 bridgehead atoms. The number of hydrogen-bond donors (Lipinski definition) is 0. The molecular weight excluding hydrogens is 346 g/mol. The Morgan fingerprint density at radius 1 is 1.16 bits per heavy atom. The maximum atomic E-state index is 12.4. The molecule has 2 amide bonds. The number of anilines is 1. The summed E-state index contributed by atoms with van der Waals surface area (Å²) in [7, 11) is 0. The van der Waals surface area contributed by atoms with E-state index in [0.29, 0.717) is 20.7 Å². The fraction of sp³-hybridized carbons (Fsp3) is 0.231. The molecule has 2 heterocycles. The van der Waals surface area contributed by atoms with Crippen LogP contribution in [-0.4, -0.2) is 22.8 Å². The van der Waals surface area contributed by atoms with Crippen molar-refractivity contribution >= 4 is 57.0 Å². The highest BCUT2D eigenvalue weighted by molar-refractivity contribution is 9.10. The standard InChI is InChI=1S/C13H10BrNO2S2/c1-7-6-18-10-11(19-7)13(17)15(12(10)16)9-4-2-8(14)3-5-9/h2-5,7H,6H2,1H3. The molecule has 19 heavy (non-hydrogen) atoms. The van der Waals surface area contributed by atoms with Crippen molar-refractivity contribution in [2.24, 2.45) is 0 Å². The number of rotatable bonds is 1. The average molecular weight is 356 g/mol. The van der Waals surface area contributed by atoms with Gasteiger partial charge in [0.25, 0.3) is 11.8 Å². The average Bonchev–Trinajstić information content (AvgIpc) is 2.63. The SMILES string of the molecule is CC1CSC2=C(S1)C(=O)N(c1ccc(Br)cc1)C2=O. The number of nitrogens with zero attached hydrogens (tertiary/aromatic N) is 1. The summed E-state index contributed by atoms with van der Waals surface area (Å²) in [5.41, 5.74) is 0.626. The van der Waals surface area contributed by atoms with Crippen LogP contribution in [0.5, 0.6) is 0 Å². The Labute approximate surface area is 127 Å². The van der Waals surface area contributed by atoms with Crippen molar-refractivity contribution in [3.05, 3.63) is 38.5 Å². The Morgan fingerprint density at radius 2 is 1.79 bits per heavy atom. The number of amides is 2. The molecule has 1 aromatic carbocycles. The van der Waals surface area contributed by atoms with E-state index in [1.165, 1.54) is 28.4 Å². The van der Waals surface area contributed by atoms with Gasteiger partial charge < -0.3 is 0 Å². The highest BCUT2D eigenvalue weighted by Gasteiger charge is 2.42. The molecule has 0 spiro atoms. The van der Waals surface area contributed by atoms with Gasteiger partial charge >= 0.3 is 0 Å². The van der Waals surface area contributed by atoms with Gasteiger partial charge in [0.1, 0.15) is 0 Å². The zero-order valence-electron chi connectivity index (χ0n) is 10.1. The highest BCUT2D eigenvalue weighted by atomic mass is 79.9. The third-order valence-electron chi connectivity index (χ3n) is 2.87. The van der Waals surface area contributed by atoms with E-state index in [1.807, 2.05) is 12.1 Å². The number of halogens is 1. The summed E-state index contributed by atoms with van der Waals surface area (Å²) in [5, 5.41) is 0.366. The maximum absolute atomic E-state index is 12.4. The number of benzene rings is 1. The van der Waals surface area contributed by atoms with Crippen molar-refractivity contribution in [2.45, 2.75) is 12.2 Å². The molecule has 0 saturated heterocycles. The van der Waals surface area contributed by atoms with Crippen LogP contribution in [0.3, 0.4) is 0 Å².